The first-order valence-electron chi connectivity index (χ1n) is 22.1. The highest BCUT2D eigenvalue weighted by Gasteiger charge is 2.59. The van der Waals surface area contributed by atoms with Crippen LogP contribution in [0.3, 0.4) is 0 Å². The van der Waals surface area contributed by atoms with Crippen molar-refractivity contribution in [2.24, 2.45) is 0 Å². The van der Waals surface area contributed by atoms with Crippen LogP contribution in [0.15, 0.2) is 164 Å². The number of fused-ring (bicyclic) bond motifs is 12. The van der Waals surface area contributed by atoms with Crippen molar-refractivity contribution < 1.29 is 9.53 Å². The van der Waals surface area contributed by atoms with Gasteiger partial charge >= 0.3 is 5.97 Å². The Morgan fingerprint density at radius 1 is 0.452 bits per heavy atom. The number of carbonyl (C=O) groups is 1. The lowest BCUT2D eigenvalue weighted by molar-refractivity contribution is -0.144. The van der Waals surface area contributed by atoms with E-state index in [1.165, 1.54) is 27.8 Å². The first kappa shape index (κ1) is 36.8. The highest BCUT2D eigenvalue weighted by Crippen LogP contribution is 2.66. The molecule has 3 aromatic heterocycles. The van der Waals surface area contributed by atoms with Gasteiger partial charge < -0.3 is 4.74 Å². The zero-order valence-corrected chi connectivity index (χ0v) is 35.0. The largest absolute Gasteiger partial charge is 0.466 e. The van der Waals surface area contributed by atoms with E-state index < -0.39 is 16.2 Å². The molecule has 0 aliphatic heterocycles. The van der Waals surface area contributed by atoms with Crippen molar-refractivity contribution in [3.8, 4) is 33.8 Å². The van der Waals surface area contributed by atoms with Gasteiger partial charge in [0.25, 0.3) is 0 Å². The Labute approximate surface area is 361 Å². The van der Waals surface area contributed by atoms with Gasteiger partial charge in [0.2, 0.25) is 0 Å². The summed E-state index contributed by atoms with van der Waals surface area (Å²) >= 11 is 0. The third-order valence-corrected chi connectivity index (χ3v) is 14.4. The first-order chi connectivity index (χ1) is 30.5. The van der Waals surface area contributed by atoms with Gasteiger partial charge in [0.05, 0.1) is 46.7 Å². The topological polar surface area (TPSA) is 65.0 Å². The smallest absolute Gasteiger partial charge is 0.307 e. The molecule has 0 unspecified atom stereocenters. The third kappa shape index (κ3) is 5.14. The average molecular weight is 804 g/mol. The highest BCUT2D eigenvalue weighted by molar-refractivity contribution is 5.93. The van der Waals surface area contributed by atoms with Gasteiger partial charge in [0.15, 0.2) is 0 Å². The highest BCUT2D eigenvalue weighted by atomic mass is 16.5. The Balaban J connectivity index is 1.21. The molecule has 0 N–H and O–H groups in total. The normalized spacial score (nSPS) is 20.1. The second-order valence-corrected chi connectivity index (χ2v) is 17.7. The molecule has 0 saturated heterocycles. The molecule has 0 amide bonds. The summed E-state index contributed by atoms with van der Waals surface area (Å²) < 4.78 is 5.99. The monoisotopic (exact) mass is 803 g/mol. The first-order valence-corrected chi connectivity index (χ1v) is 22.1. The number of hydrogen-bond donors (Lipinski definition) is 0. The summed E-state index contributed by atoms with van der Waals surface area (Å²) in [6.07, 6.45) is 3.39. The van der Waals surface area contributed by atoms with Crippen LogP contribution in [-0.2, 0) is 25.8 Å². The molecule has 3 heterocycles. The number of para-hydroxylation sites is 3. The maximum absolute atomic E-state index is 14.5. The number of aromatic nitrogens is 3. The van der Waals surface area contributed by atoms with Crippen LogP contribution in [-0.4, -0.2) is 27.5 Å². The van der Waals surface area contributed by atoms with Crippen molar-refractivity contribution in [3.63, 3.8) is 0 Å². The van der Waals surface area contributed by atoms with E-state index in [0.29, 0.717) is 13.0 Å². The summed E-state index contributed by atoms with van der Waals surface area (Å²) in [5, 5.41) is 3.30. The number of ether oxygens (including phenoxy) is 1. The maximum atomic E-state index is 14.5. The maximum Gasteiger partial charge on any atom is 0.307 e. The van der Waals surface area contributed by atoms with Gasteiger partial charge in [-0.2, -0.15) is 0 Å². The molecule has 3 atom stereocenters. The van der Waals surface area contributed by atoms with Crippen molar-refractivity contribution in [2.75, 3.05) is 6.61 Å². The van der Waals surface area contributed by atoms with Gasteiger partial charge in [-0.15, -0.1) is 0 Å². The van der Waals surface area contributed by atoms with E-state index in [4.69, 9.17) is 19.7 Å². The molecule has 5 nitrogen and oxygen atoms in total. The molecule has 12 rings (SSSR count). The molecule has 6 aromatic carbocycles. The molecule has 0 bridgehead atoms. The molecule has 0 saturated carbocycles. The number of rotatable bonds is 9. The standard InChI is InChI=1S/C57H45N3O2/c1-3-29-55(42-23-11-8-20-39(42)52-45(55)30-36-17-5-14-26-48(36)58-52)34-57(44-25-13-10-22-41(44)54-47(57)32-38-19-7-16-28-50(38)60-54)35-56(33-51(61)62-4-2)43-24-12-9-21-40(43)53-46(56)31-37-18-6-15-27-49(37)59-53/h5-28,30-32H,3-4,29,33-35H2,1-2H3/t55-,56+,57-/m1/s1. The van der Waals surface area contributed by atoms with E-state index in [1.54, 1.807) is 0 Å². The van der Waals surface area contributed by atoms with E-state index in [2.05, 4.69) is 171 Å². The van der Waals surface area contributed by atoms with Gasteiger partial charge in [-0.1, -0.05) is 141 Å². The van der Waals surface area contributed by atoms with Crippen molar-refractivity contribution in [1.82, 2.24) is 15.0 Å². The number of esters is 1. The number of carbonyl (C=O) groups excluding carboxylic acids is 1. The van der Waals surface area contributed by atoms with Crippen molar-refractivity contribution in [1.29, 1.82) is 0 Å². The predicted molar refractivity (Wildman–Crippen MR) is 249 cm³/mol. The van der Waals surface area contributed by atoms with Crippen LogP contribution in [0, 0.1) is 0 Å². The van der Waals surface area contributed by atoms with Crippen LogP contribution in [0.2, 0.25) is 0 Å². The Morgan fingerprint density at radius 3 is 1.29 bits per heavy atom. The Morgan fingerprint density at radius 2 is 0.823 bits per heavy atom. The lowest BCUT2D eigenvalue weighted by Gasteiger charge is -2.47. The molecule has 0 radical (unpaired) electrons. The Kier molecular flexibility index (Phi) is 8.18. The molecule has 3 aliphatic rings. The Bertz CT molecular complexity index is 3320. The second-order valence-electron chi connectivity index (χ2n) is 17.7. The van der Waals surface area contributed by atoms with Crippen LogP contribution < -0.4 is 0 Å². The zero-order valence-electron chi connectivity index (χ0n) is 35.0. The predicted octanol–water partition coefficient (Wildman–Crippen LogP) is 13.1. The van der Waals surface area contributed by atoms with Crippen LogP contribution in [0.4, 0.5) is 0 Å². The van der Waals surface area contributed by atoms with Gasteiger partial charge in [-0.25, -0.2) is 15.0 Å². The molecule has 0 fully saturated rings. The fraction of sp³-hybridized carbons (Fsp3) is 0.193. The average Bonchev–Trinajstić information content (AvgIpc) is 3.82. The fourth-order valence-corrected chi connectivity index (χ4v) is 12.2. The quantitative estimate of drug-likeness (QED) is 0.136. The summed E-state index contributed by atoms with van der Waals surface area (Å²) in [6, 6.07) is 59.2. The SMILES string of the molecule is CCC[C@@]1(C[C@@]2(C[C@@]3(CC(=O)OCC)c4ccccc4-c4nc5ccccc5cc43)c3ccccc3-c3nc4ccccc4cc32)c2ccccc2-c2nc3ccccc3cc21. The van der Waals surface area contributed by atoms with Crippen LogP contribution in [0.25, 0.3) is 66.5 Å². The summed E-state index contributed by atoms with van der Waals surface area (Å²) in [6.45, 7) is 4.52. The number of hydrogen-bond acceptors (Lipinski definition) is 5. The molecule has 0 spiro atoms. The van der Waals surface area contributed by atoms with E-state index in [9.17, 15) is 4.79 Å². The third-order valence-electron chi connectivity index (χ3n) is 14.4. The number of benzene rings is 6. The van der Waals surface area contributed by atoms with Crippen molar-refractivity contribution in [2.45, 2.75) is 62.2 Å². The Hall–Kier alpha value is -6.98. The van der Waals surface area contributed by atoms with E-state index in [0.717, 1.165) is 91.3 Å². The summed E-state index contributed by atoms with van der Waals surface area (Å²) in [7, 11) is 0. The van der Waals surface area contributed by atoms with Crippen LogP contribution in [0.5, 0.6) is 0 Å². The van der Waals surface area contributed by atoms with Crippen molar-refractivity contribution in [3.05, 3.63) is 197 Å². The lowest BCUT2D eigenvalue weighted by atomic mass is 9.55. The molecule has 62 heavy (non-hydrogen) atoms. The summed E-state index contributed by atoms with van der Waals surface area (Å²) in [4.78, 5) is 31.0. The number of pyridine rings is 3. The minimum atomic E-state index is -0.814. The van der Waals surface area contributed by atoms with E-state index >= 15 is 0 Å². The minimum absolute atomic E-state index is 0.172. The van der Waals surface area contributed by atoms with E-state index in [1.807, 2.05) is 6.92 Å². The molecule has 300 valence electrons. The van der Waals surface area contributed by atoms with Crippen LogP contribution >= 0.6 is 0 Å². The summed E-state index contributed by atoms with van der Waals surface area (Å²) in [5.41, 5.74) is 14.7. The second kappa shape index (κ2) is 13.8. The lowest BCUT2D eigenvalue weighted by Crippen LogP contribution is -2.44. The molecular weight excluding hydrogens is 759 g/mol. The van der Waals surface area contributed by atoms with Crippen molar-refractivity contribution >= 4 is 38.7 Å². The zero-order chi connectivity index (χ0) is 41.6. The minimum Gasteiger partial charge on any atom is -0.466 e. The molecular formula is C57H45N3O2. The van der Waals surface area contributed by atoms with Gasteiger partial charge in [0.1, 0.15) is 0 Å². The molecule has 5 heteroatoms. The molecule has 9 aromatic rings. The number of nitrogens with zero attached hydrogens (tertiary/aromatic N) is 3. The molecule has 3 aliphatic carbocycles. The van der Waals surface area contributed by atoms with Gasteiger partial charge in [-0.3, -0.25) is 4.79 Å². The van der Waals surface area contributed by atoms with Gasteiger partial charge in [0, 0.05) is 49.1 Å². The van der Waals surface area contributed by atoms with Gasteiger partial charge in [-0.05, 0) is 96.0 Å². The van der Waals surface area contributed by atoms with Crippen LogP contribution in [0.1, 0.15) is 79.3 Å². The fourth-order valence-electron chi connectivity index (χ4n) is 12.2. The summed E-state index contributed by atoms with van der Waals surface area (Å²) in [5.74, 6) is -0.211. The van der Waals surface area contributed by atoms with E-state index in [-0.39, 0.29) is 12.4 Å².